The van der Waals surface area contributed by atoms with Crippen molar-refractivity contribution in [2.24, 2.45) is 5.92 Å². The van der Waals surface area contributed by atoms with Crippen LogP contribution in [0.3, 0.4) is 0 Å². The van der Waals surface area contributed by atoms with Crippen LogP contribution in [0.4, 0.5) is 14.5 Å². The Morgan fingerprint density at radius 3 is 2.73 bits per heavy atom. The smallest absolute Gasteiger partial charge is 0.307 e. The molecule has 2 aromatic heterocycles. The predicted molar refractivity (Wildman–Crippen MR) is 153 cm³/mol. The monoisotopic (exact) mass is 560 g/mol. The number of fused-ring (bicyclic) bond motifs is 1. The van der Waals surface area contributed by atoms with Gasteiger partial charge in [0.2, 0.25) is 0 Å². The van der Waals surface area contributed by atoms with Crippen LogP contribution in [0.1, 0.15) is 60.7 Å². The molecular weight excluding hydrogens is 526 g/mol. The topological polar surface area (TPSA) is 80.5 Å². The van der Waals surface area contributed by atoms with Crippen LogP contribution in [-0.2, 0) is 17.9 Å². The number of anilines is 1. The van der Waals surface area contributed by atoms with E-state index in [4.69, 9.17) is 9.72 Å². The third-order valence-corrected chi connectivity index (χ3v) is 8.31. The molecule has 0 radical (unpaired) electrons. The summed E-state index contributed by atoms with van der Waals surface area (Å²) in [4.78, 5) is 23.4. The normalized spacial score (nSPS) is 20.4. The van der Waals surface area contributed by atoms with Crippen LogP contribution in [-0.4, -0.2) is 44.6 Å². The highest BCUT2D eigenvalue weighted by atomic mass is 19.3. The highest BCUT2D eigenvalue weighted by Crippen LogP contribution is 2.40. The van der Waals surface area contributed by atoms with Gasteiger partial charge in [-0.15, -0.1) is 0 Å². The molecule has 214 valence electrons. The van der Waals surface area contributed by atoms with Gasteiger partial charge in [0, 0.05) is 43.4 Å². The summed E-state index contributed by atoms with van der Waals surface area (Å²) in [6.45, 7) is 2.78. The lowest BCUT2D eigenvalue weighted by Crippen LogP contribution is -2.28. The van der Waals surface area contributed by atoms with Crippen molar-refractivity contribution >= 4 is 22.7 Å². The Balaban J connectivity index is 1.36. The van der Waals surface area contributed by atoms with Crippen molar-refractivity contribution in [3.05, 3.63) is 83.4 Å². The fraction of sp³-hybridized carbons (Fsp3) is 0.406. The Morgan fingerprint density at radius 1 is 1.12 bits per heavy atom. The van der Waals surface area contributed by atoms with E-state index in [1.807, 2.05) is 67.7 Å². The van der Waals surface area contributed by atoms with Gasteiger partial charge in [-0.25, -0.2) is 13.8 Å². The largest absolute Gasteiger partial charge is 0.487 e. The molecule has 1 saturated carbocycles. The Hall–Kier alpha value is -4.01. The van der Waals surface area contributed by atoms with Crippen molar-refractivity contribution in [2.45, 2.75) is 64.0 Å². The van der Waals surface area contributed by atoms with Crippen LogP contribution in [0.5, 0.6) is 5.75 Å². The SMILES string of the molecule is Cc1ccc(COc2ccc3nc(C4CCCCC4C(=O)O)n(Cc4cccc(N5CCC(F)(F)C5)c4)c3c2)nc1. The van der Waals surface area contributed by atoms with Gasteiger partial charge < -0.3 is 19.3 Å². The summed E-state index contributed by atoms with van der Waals surface area (Å²) in [5, 5.41) is 10.0. The summed E-state index contributed by atoms with van der Waals surface area (Å²) in [7, 11) is 0. The zero-order valence-electron chi connectivity index (χ0n) is 23.1. The summed E-state index contributed by atoms with van der Waals surface area (Å²) >= 11 is 0. The minimum atomic E-state index is -2.68. The van der Waals surface area contributed by atoms with Gasteiger partial charge in [-0.3, -0.25) is 9.78 Å². The number of aliphatic carboxylic acids is 1. The zero-order valence-corrected chi connectivity index (χ0v) is 23.1. The number of ether oxygens (including phenoxy) is 1. The predicted octanol–water partition coefficient (Wildman–Crippen LogP) is 6.57. The van der Waals surface area contributed by atoms with E-state index < -0.39 is 17.8 Å². The molecule has 7 nitrogen and oxygen atoms in total. The Kier molecular flexibility index (Phi) is 7.36. The van der Waals surface area contributed by atoms with Gasteiger partial charge in [0.1, 0.15) is 18.2 Å². The number of alkyl halides is 2. The van der Waals surface area contributed by atoms with Gasteiger partial charge in [0.15, 0.2) is 0 Å². The van der Waals surface area contributed by atoms with Gasteiger partial charge >= 0.3 is 5.97 Å². The van der Waals surface area contributed by atoms with E-state index in [1.165, 1.54) is 0 Å². The van der Waals surface area contributed by atoms with Crippen LogP contribution in [0.25, 0.3) is 11.0 Å². The highest BCUT2D eigenvalue weighted by Gasteiger charge is 2.38. The number of carboxylic acid groups (broad SMARTS) is 1. The molecule has 0 bridgehead atoms. The molecule has 4 aromatic rings. The maximum absolute atomic E-state index is 13.9. The van der Waals surface area contributed by atoms with Crippen molar-refractivity contribution in [1.82, 2.24) is 14.5 Å². The first-order valence-corrected chi connectivity index (χ1v) is 14.2. The van der Waals surface area contributed by atoms with Crippen LogP contribution in [0.15, 0.2) is 60.8 Å². The molecule has 2 aromatic carbocycles. The van der Waals surface area contributed by atoms with E-state index >= 15 is 0 Å². The Bertz CT molecular complexity index is 1550. The number of pyridine rings is 1. The molecule has 2 unspecified atom stereocenters. The average molecular weight is 561 g/mol. The number of rotatable bonds is 8. The van der Waals surface area contributed by atoms with Crippen molar-refractivity contribution < 1.29 is 23.4 Å². The van der Waals surface area contributed by atoms with Crippen molar-refractivity contribution in [1.29, 1.82) is 0 Å². The molecule has 41 heavy (non-hydrogen) atoms. The molecule has 1 aliphatic carbocycles. The Morgan fingerprint density at radius 2 is 1.98 bits per heavy atom. The first-order chi connectivity index (χ1) is 19.8. The van der Waals surface area contributed by atoms with E-state index in [1.54, 1.807) is 4.90 Å². The zero-order chi connectivity index (χ0) is 28.6. The molecule has 3 heterocycles. The van der Waals surface area contributed by atoms with Crippen LogP contribution in [0.2, 0.25) is 0 Å². The number of aryl methyl sites for hydroxylation is 1. The number of nitrogens with zero attached hydrogens (tertiary/aromatic N) is 4. The second kappa shape index (κ2) is 11.1. The summed E-state index contributed by atoms with van der Waals surface area (Å²) in [5.74, 6) is -2.77. The number of halogens is 2. The molecule has 0 amide bonds. The highest BCUT2D eigenvalue weighted by molar-refractivity contribution is 5.79. The minimum Gasteiger partial charge on any atom is -0.487 e. The first-order valence-electron chi connectivity index (χ1n) is 14.2. The molecular formula is C32H34F2N4O3. The van der Waals surface area contributed by atoms with E-state index in [9.17, 15) is 18.7 Å². The summed E-state index contributed by atoms with van der Waals surface area (Å²) in [5.41, 5.74) is 5.22. The molecule has 2 aliphatic rings. The number of imidazole rings is 1. The number of hydrogen-bond acceptors (Lipinski definition) is 5. The maximum atomic E-state index is 13.9. The molecule has 6 rings (SSSR count). The van der Waals surface area contributed by atoms with Gasteiger partial charge in [-0.05, 0) is 61.2 Å². The van der Waals surface area contributed by atoms with Crippen molar-refractivity contribution in [3.63, 3.8) is 0 Å². The van der Waals surface area contributed by atoms with E-state index in [0.29, 0.717) is 31.9 Å². The second-order valence-corrected chi connectivity index (χ2v) is 11.4. The lowest BCUT2D eigenvalue weighted by molar-refractivity contribution is -0.143. The standard InChI is InChI=1S/C32H34F2N4O3/c1-21-9-10-23(35-17-21)19-41-25-11-12-28-29(16-25)38(30(36-28)26-7-2-3-8-27(26)31(39)40)18-22-5-4-6-24(15-22)37-14-13-32(33,34)20-37/h4-6,9-12,15-17,26-27H,2-3,7-8,13-14,18-20H2,1H3,(H,39,40). The van der Waals surface area contributed by atoms with Gasteiger partial charge in [0.25, 0.3) is 5.92 Å². The van der Waals surface area contributed by atoms with E-state index in [-0.39, 0.29) is 18.9 Å². The molecule has 2 atom stereocenters. The molecule has 1 N–H and O–H groups in total. The molecule has 2 fully saturated rings. The summed E-state index contributed by atoms with van der Waals surface area (Å²) < 4.78 is 36.0. The third kappa shape index (κ3) is 5.89. The lowest BCUT2D eigenvalue weighted by Gasteiger charge is -2.28. The molecule has 1 saturated heterocycles. The number of carbonyl (C=O) groups is 1. The third-order valence-electron chi connectivity index (χ3n) is 8.31. The fourth-order valence-electron chi connectivity index (χ4n) is 6.13. The van der Waals surface area contributed by atoms with Gasteiger partial charge in [-0.2, -0.15) is 0 Å². The number of hydrogen-bond donors (Lipinski definition) is 1. The second-order valence-electron chi connectivity index (χ2n) is 11.4. The molecule has 9 heteroatoms. The summed E-state index contributed by atoms with van der Waals surface area (Å²) in [6, 6.07) is 17.4. The fourth-order valence-corrected chi connectivity index (χ4v) is 6.13. The van der Waals surface area contributed by atoms with Crippen LogP contribution < -0.4 is 9.64 Å². The first kappa shape index (κ1) is 27.2. The summed E-state index contributed by atoms with van der Waals surface area (Å²) in [6.07, 6.45) is 4.89. The Labute approximate surface area is 237 Å². The maximum Gasteiger partial charge on any atom is 0.307 e. The quantitative estimate of drug-likeness (QED) is 0.263. The minimum absolute atomic E-state index is 0.146. The van der Waals surface area contributed by atoms with E-state index in [0.717, 1.165) is 58.6 Å². The number of benzene rings is 2. The van der Waals surface area contributed by atoms with Crippen molar-refractivity contribution in [3.8, 4) is 5.75 Å². The van der Waals surface area contributed by atoms with Crippen molar-refractivity contribution in [2.75, 3.05) is 18.0 Å². The van der Waals surface area contributed by atoms with E-state index in [2.05, 4.69) is 9.55 Å². The van der Waals surface area contributed by atoms with Gasteiger partial charge in [-0.1, -0.05) is 31.0 Å². The van der Waals surface area contributed by atoms with Gasteiger partial charge in [0.05, 0.1) is 29.2 Å². The average Bonchev–Trinajstić information content (AvgIpc) is 3.52. The number of carboxylic acids is 1. The molecule has 0 spiro atoms. The lowest BCUT2D eigenvalue weighted by atomic mass is 9.78. The van der Waals surface area contributed by atoms with Crippen LogP contribution >= 0.6 is 0 Å². The molecule has 1 aliphatic heterocycles. The van der Waals surface area contributed by atoms with Crippen LogP contribution in [0, 0.1) is 12.8 Å². The number of aromatic nitrogens is 3.